The summed E-state index contributed by atoms with van der Waals surface area (Å²) in [5.41, 5.74) is 3.79. The van der Waals surface area contributed by atoms with E-state index in [0.717, 1.165) is 5.52 Å². The number of rotatable bonds is 5. The standard InChI is InChI=1S/C22H20N2O2/c1-23(16-24-19-14-8-9-15-20(19)26-22(24)25)21(17-10-4-2-5-11-17)18-12-6-3-7-13-18/h2-15,21H,16H2,1H3. The molecule has 0 aliphatic rings. The first-order chi connectivity index (χ1) is 12.7. The van der Waals surface area contributed by atoms with E-state index in [1.165, 1.54) is 11.1 Å². The fourth-order valence-corrected chi connectivity index (χ4v) is 3.42. The second kappa shape index (κ2) is 7.02. The summed E-state index contributed by atoms with van der Waals surface area (Å²) >= 11 is 0. The van der Waals surface area contributed by atoms with Crippen molar-refractivity contribution >= 4 is 11.1 Å². The van der Waals surface area contributed by atoms with Crippen LogP contribution < -0.4 is 5.76 Å². The molecule has 4 nitrogen and oxygen atoms in total. The minimum atomic E-state index is -0.335. The zero-order valence-electron chi connectivity index (χ0n) is 14.6. The highest BCUT2D eigenvalue weighted by Crippen LogP contribution is 2.28. The molecule has 0 bridgehead atoms. The van der Waals surface area contributed by atoms with Crippen molar-refractivity contribution in [3.05, 3.63) is 107 Å². The van der Waals surface area contributed by atoms with Gasteiger partial charge in [0.1, 0.15) is 0 Å². The Balaban J connectivity index is 1.74. The van der Waals surface area contributed by atoms with Gasteiger partial charge in [0.05, 0.1) is 18.2 Å². The van der Waals surface area contributed by atoms with E-state index in [4.69, 9.17) is 4.42 Å². The topological polar surface area (TPSA) is 38.4 Å². The van der Waals surface area contributed by atoms with E-state index >= 15 is 0 Å². The first-order valence-electron chi connectivity index (χ1n) is 8.62. The van der Waals surface area contributed by atoms with Crippen molar-refractivity contribution < 1.29 is 4.42 Å². The van der Waals surface area contributed by atoms with E-state index in [1.54, 1.807) is 4.57 Å². The number of para-hydroxylation sites is 2. The minimum Gasteiger partial charge on any atom is -0.408 e. The lowest BCUT2D eigenvalue weighted by molar-refractivity contribution is 0.216. The van der Waals surface area contributed by atoms with E-state index in [-0.39, 0.29) is 11.8 Å². The molecule has 0 saturated heterocycles. The highest BCUT2D eigenvalue weighted by Gasteiger charge is 2.21. The molecule has 0 N–H and O–H groups in total. The van der Waals surface area contributed by atoms with Gasteiger partial charge in [0, 0.05) is 0 Å². The Kier molecular flexibility index (Phi) is 4.42. The molecule has 130 valence electrons. The average Bonchev–Trinajstić information content (AvgIpc) is 2.99. The third kappa shape index (κ3) is 3.07. The number of oxazole rings is 1. The average molecular weight is 344 g/mol. The second-order valence-electron chi connectivity index (χ2n) is 6.39. The highest BCUT2D eigenvalue weighted by molar-refractivity contribution is 5.72. The predicted molar refractivity (Wildman–Crippen MR) is 103 cm³/mol. The molecule has 0 radical (unpaired) electrons. The van der Waals surface area contributed by atoms with Gasteiger partial charge in [-0.2, -0.15) is 0 Å². The van der Waals surface area contributed by atoms with Crippen LogP contribution in [0.1, 0.15) is 17.2 Å². The van der Waals surface area contributed by atoms with Gasteiger partial charge >= 0.3 is 5.76 Å². The van der Waals surface area contributed by atoms with Gasteiger partial charge in [-0.05, 0) is 30.3 Å². The quantitative estimate of drug-likeness (QED) is 0.542. The van der Waals surface area contributed by atoms with Gasteiger partial charge < -0.3 is 4.42 Å². The maximum Gasteiger partial charge on any atom is 0.421 e. The van der Waals surface area contributed by atoms with Crippen molar-refractivity contribution in [2.75, 3.05) is 7.05 Å². The summed E-state index contributed by atoms with van der Waals surface area (Å²) in [7, 11) is 2.03. The van der Waals surface area contributed by atoms with Crippen LogP contribution in [0.3, 0.4) is 0 Å². The van der Waals surface area contributed by atoms with Crippen LogP contribution in [0.25, 0.3) is 11.1 Å². The number of hydrogen-bond acceptors (Lipinski definition) is 3. The van der Waals surface area contributed by atoms with Crippen LogP contribution >= 0.6 is 0 Å². The maximum atomic E-state index is 12.3. The predicted octanol–water partition coefficient (Wildman–Crippen LogP) is 4.27. The lowest BCUT2D eigenvalue weighted by Crippen LogP contribution is -2.31. The van der Waals surface area contributed by atoms with E-state index in [2.05, 4.69) is 29.2 Å². The van der Waals surface area contributed by atoms with E-state index < -0.39 is 0 Å². The highest BCUT2D eigenvalue weighted by atomic mass is 16.4. The number of hydrogen-bond donors (Lipinski definition) is 0. The summed E-state index contributed by atoms with van der Waals surface area (Å²) in [5.74, 6) is -0.335. The minimum absolute atomic E-state index is 0.0398. The molecule has 4 aromatic rings. The van der Waals surface area contributed by atoms with E-state index in [9.17, 15) is 4.79 Å². The maximum absolute atomic E-state index is 12.3. The molecule has 0 unspecified atom stereocenters. The largest absolute Gasteiger partial charge is 0.421 e. The summed E-state index contributed by atoms with van der Waals surface area (Å²) in [5, 5.41) is 0. The van der Waals surface area contributed by atoms with Crippen molar-refractivity contribution in [3.8, 4) is 0 Å². The van der Waals surface area contributed by atoms with Crippen LogP contribution in [-0.4, -0.2) is 16.5 Å². The first-order valence-corrected chi connectivity index (χ1v) is 8.62. The summed E-state index contributed by atoms with van der Waals surface area (Å²) in [6, 6.07) is 28.2. The molecular weight excluding hydrogens is 324 g/mol. The molecule has 0 spiro atoms. The second-order valence-corrected chi connectivity index (χ2v) is 6.39. The Morgan fingerprint density at radius 1 is 0.846 bits per heavy atom. The lowest BCUT2D eigenvalue weighted by Gasteiger charge is -2.29. The van der Waals surface area contributed by atoms with Crippen molar-refractivity contribution in [3.63, 3.8) is 0 Å². The van der Waals surface area contributed by atoms with Crippen molar-refractivity contribution in [2.45, 2.75) is 12.7 Å². The Morgan fingerprint density at radius 3 is 2.00 bits per heavy atom. The van der Waals surface area contributed by atoms with E-state index in [1.807, 2.05) is 67.7 Å². The van der Waals surface area contributed by atoms with Gasteiger partial charge in [0.2, 0.25) is 0 Å². The number of fused-ring (bicyclic) bond motifs is 1. The molecule has 26 heavy (non-hydrogen) atoms. The molecular formula is C22H20N2O2. The zero-order chi connectivity index (χ0) is 17.9. The van der Waals surface area contributed by atoms with Crippen molar-refractivity contribution in [1.29, 1.82) is 0 Å². The van der Waals surface area contributed by atoms with Crippen LogP contribution in [0.2, 0.25) is 0 Å². The van der Waals surface area contributed by atoms with Crippen LogP contribution in [0, 0.1) is 0 Å². The molecule has 0 saturated carbocycles. The molecule has 0 fully saturated rings. The zero-order valence-corrected chi connectivity index (χ0v) is 14.6. The summed E-state index contributed by atoms with van der Waals surface area (Å²) < 4.78 is 7.05. The molecule has 3 aromatic carbocycles. The lowest BCUT2D eigenvalue weighted by atomic mass is 9.98. The molecule has 0 amide bonds. The summed E-state index contributed by atoms with van der Waals surface area (Å²) in [4.78, 5) is 14.5. The van der Waals surface area contributed by atoms with Gasteiger partial charge in [-0.1, -0.05) is 72.8 Å². The molecule has 0 aliphatic carbocycles. The summed E-state index contributed by atoms with van der Waals surface area (Å²) in [6.07, 6.45) is 0. The molecule has 4 rings (SSSR count). The third-order valence-corrected chi connectivity index (χ3v) is 4.61. The van der Waals surface area contributed by atoms with Gasteiger partial charge in [-0.25, -0.2) is 4.79 Å². The third-order valence-electron chi connectivity index (χ3n) is 4.61. The fourth-order valence-electron chi connectivity index (χ4n) is 3.42. The summed E-state index contributed by atoms with van der Waals surface area (Å²) in [6.45, 7) is 0.435. The van der Waals surface area contributed by atoms with Crippen molar-refractivity contribution in [2.24, 2.45) is 0 Å². The normalized spacial score (nSPS) is 11.5. The van der Waals surface area contributed by atoms with Crippen LogP contribution in [0.5, 0.6) is 0 Å². The molecule has 4 heteroatoms. The van der Waals surface area contributed by atoms with Gasteiger partial charge in [0.25, 0.3) is 0 Å². The molecule has 0 atom stereocenters. The van der Waals surface area contributed by atoms with Gasteiger partial charge in [-0.3, -0.25) is 9.47 Å². The fraction of sp³-hybridized carbons (Fsp3) is 0.136. The van der Waals surface area contributed by atoms with Crippen LogP contribution in [0.15, 0.2) is 94.1 Å². The van der Waals surface area contributed by atoms with Gasteiger partial charge in [-0.15, -0.1) is 0 Å². The molecule has 0 aliphatic heterocycles. The van der Waals surface area contributed by atoms with Gasteiger partial charge in [0.15, 0.2) is 5.58 Å². The van der Waals surface area contributed by atoms with Crippen LogP contribution in [-0.2, 0) is 6.67 Å². The van der Waals surface area contributed by atoms with Crippen LogP contribution in [0.4, 0.5) is 0 Å². The van der Waals surface area contributed by atoms with E-state index in [0.29, 0.717) is 12.3 Å². The molecule has 1 heterocycles. The van der Waals surface area contributed by atoms with Crippen molar-refractivity contribution in [1.82, 2.24) is 9.47 Å². The molecule has 1 aromatic heterocycles. The first kappa shape index (κ1) is 16.4. The Hall–Kier alpha value is -3.11. The smallest absolute Gasteiger partial charge is 0.408 e. The monoisotopic (exact) mass is 344 g/mol. The number of aromatic nitrogens is 1. The Bertz CT molecular complexity index is 1010. The SMILES string of the molecule is CN(Cn1c(=O)oc2ccccc21)C(c1ccccc1)c1ccccc1. The Morgan fingerprint density at radius 2 is 1.38 bits per heavy atom. The number of benzene rings is 3. The Labute approximate surface area is 151 Å². The number of nitrogens with zero attached hydrogens (tertiary/aromatic N) is 2.